The van der Waals surface area contributed by atoms with Crippen LogP contribution in [-0.4, -0.2) is 25.6 Å². The molecule has 0 saturated carbocycles. The summed E-state index contributed by atoms with van der Waals surface area (Å²) in [5.41, 5.74) is 3.13. The molecule has 1 aliphatic rings. The molecule has 2 aromatic carbocycles. The van der Waals surface area contributed by atoms with Crippen molar-refractivity contribution in [3.05, 3.63) is 59.7 Å². The fraction of sp³-hybridized carbons (Fsp3) is 0.381. The first-order chi connectivity index (χ1) is 12.2. The Balaban J connectivity index is 0.00000243. The molecule has 2 atom stereocenters. The average molecular weight is 375 g/mol. The van der Waals surface area contributed by atoms with Crippen molar-refractivity contribution in [2.75, 3.05) is 19.0 Å². The quantitative estimate of drug-likeness (QED) is 0.830. The molecular weight excluding hydrogens is 348 g/mol. The van der Waals surface area contributed by atoms with Crippen molar-refractivity contribution in [2.45, 2.75) is 32.2 Å². The summed E-state index contributed by atoms with van der Waals surface area (Å²) in [6.07, 6.45) is 2.56. The molecule has 0 bridgehead atoms. The third kappa shape index (κ3) is 5.23. The standard InChI is InChI=1S/C21H26N2O2.ClH/c1-15-12-17(10-11-22-15)21(24)23-19-8-9-20(25-2)18(14-19)13-16-6-4-3-5-7-16;/h3-9,14-15,17,22H,10-13H2,1-2H3,(H,23,24);1H/t15-,17-;/m0./s1. The molecule has 4 nitrogen and oxygen atoms in total. The van der Waals surface area contributed by atoms with E-state index in [-0.39, 0.29) is 24.2 Å². The highest BCUT2D eigenvalue weighted by molar-refractivity contribution is 5.92. The predicted molar refractivity (Wildman–Crippen MR) is 108 cm³/mol. The first-order valence-corrected chi connectivity index (χ1v) is 8.91. The Bertz CT molecular complexity index is 721. The van der Waals surface area contributed by atoms with Crippen molar-refractivity contribution in [3.63, 3.8) is 0 Å². The number of hydrogen-bond donors (Lipinski definition) is 2. The first-order valence-electron chi connectivity index (χ1n) is 8.91. The van der Waals surface area contributed by atoms with Gasteiger partial charge < -0.3 is 15.4 Å². The number of nitrogens with one attached hydrogen (secondary N) is 2. The molecule has 1 heterocycles. The number of hydrogen-bond acceptors (Lipinski definition) is 3. The van der Waals surface area contributed by atoms with Crippen LogP contribution in [0, 0.1) is 5.92 Å². The van der Waals surface area contributed by atoms with Crippen LogP contribution in [0.5, 0.6) is 5.75 Å². The normalized spacial score (nSPS) is 19.3. The number of amides is 1. The highest BCUT2D eigenvalue weighted by Gasteiger charge is 2.24. The van der Waals surface area contributed by atoms with Crippen molar-refractivity contribution in [3.8, 4) is 5.75 Å². The molecule has 1 fully saturated rings. The lowest BCUT2D eigenvalue weighted by atomic mass is 9.92. The highest BCUT2D eigenvalue weighted by atomic mass is 35.5. The van der Waals surface area contributed by atoms with E-state index in [1.54, 1.807) is 7.11 Å². The maximum absolute atomic E-state index is 12.6. The largest absolute Gasteiger partial charge is 0.496 e. The lowest BCUT2D eigenvalue weighted by molar-refractivity contribution is -0.120. The molecule has 140 valence electrons. The van der Waals surface area contributed by atoms with E-state index in [1.807, 2.05) is 36.4 Å². The minimum absolute atomic E-state index is 0. The molecule has 26 heavy (non-hydrogen) atoms. The zero-order valence-electron chi connectivity index (χ0n) is 15.3. The topological polar surface area (TPSA) is 50.4 Å². The summed E-state index contributed by atoms with van der Waals surface area (Å²) in [5, 5.41) is 6.47. The molecule has 1 amide bonds. The molecule has 3 rings (SSSR count). The van der Waals surface area contributed by atoms with E-state index in [0.717, 1.165) is 42.8 Å². The van der Waals surface area contributed by atoms with Gasteiger partial charge in [-0.1, -0.05) is 30.3 Å². The van der Waals surface area contributed by atoms with Crippen LogP contribution in [0.3, 0.4) is 0 Å². The number of rotatable bonds is 5. The summed E-state index contributed by atoms with van der Waals surface area (Å²) in [6, 6.07) is 16.5. The Kier molecular flexibility index (Phi) is 7.49. The molecule has 1 saturated heterocycles. The highest BCUT2D eigenvalue weighted by Crippen LogP contribution is 2.26. The maximum atomic E-state index is 12.6. The third-order valence-corrected chi connectivity index (χ3v) is 4.78. The van der Waals surface area contributed by atoms with Crippen molar-refractivity contribution >= 4 is 24.0 Å². The van der Waals surface area contributed by atoms with Crippen LogP contribution < -0.4 is 15.4 Å². The van der Waals surface area contributed by atoms with Crippen LogP contribution in [-0.2, 0) is 11.2 Å². The average Bonchev–Trinajstić information content (AvgIpc) is 2.63. The fourth-order valence-electron chi connectivity index (χ4n) is 3.42. The number of halogens is 1. The van der Waals surface area contributed by atoms with Gasteiger partial charge in [0.2, 0.25) is 5.91 Å². The van der Waals surface area contributed by atoms with E-state index in [0.29, 0.717) is 6.04 Å². The summed E-state index contributed by atoms with van der Waals surface area (Å²) < 4.78 is 5.49. The van der Waals surface area contributed by atoms with Crippen molar-refractivity contribution < 1.29 is 9.53 Å². The SMILES string of the molecule is COc1ccc(NC(=O)[C@H]2CCN[C@@H](C)C2)cc1Cc1ccccc1.Cl. The molecule has 1 aliphatic heterocycles. The van der Waals surface area contributed by atoms with Crippen LogP contribution >= 0.6 is 12.4 Å². The summed E-state index contributed by atoms with van der Waals surface area (Å²) in [4.78, 5) is 12.6. The van der Waals surface area contributed by atoms with Crippen molar-refractivity contribution in [2.24, 2.45) is 5.92 Å². The van der Waals surface area contributed by atoms with Gasteiger partial charge in [0.1, 0.15) is 5.75 Å². The second kappa shape index (κ2) is 9.60. The third-order valence-electron chi connectivity index (χ3n) is 4.78. The molecule has 0 aromatic heterocycles. The van der Waals surface area contributed by atoms with Crippen molar-refractivity contribution in [1.29, 1.82) is 0 Å². The van der Waals surface area contributed by atoms with Gasteiger partial charge >= 0.3 is 0 Å². The number of carbonyl (C=O) groups is 1. The van der Waals surface area contributed by atoms with Crippen LogP contribution in [0.15, 0.2) is 48.5 Å². The fourth-order valence-corrected chi connectivity index (χ4v) is 3.42. The number of anilines is 1. The van der Waals surface area contributed by atoms with Gasteiger partial charge in [0.25, 0.3) is 0 Å². The Morgan fingerprint density at radius 2 is 2.00 bits per heavy atom. The van der Waals surface area contributed by atoms with Gasteiger partial charge in [0, 0.05) is 29.6 Å². The van der Waals surface area contributed by atoms with Gasteiger partial charge in [-0.25, -0.2) is 0 Å². The van der Waals surface area contributed by atoms with Crippen LogP contribution in [0.2, 0.25) is 0 Å². The van der Waals surface area contributed by atoms with Gasteiger partial charge in [0.05, 0.1) is 7.11 Å². The molecule has 2 N–H and O–H groups in total. The van der Waals surface area contributed by atoms with E-state index in [4.69, 9.17) is 4.74 Å². The lowest BCUT2D eigenvalue weighted by Gasteiger charge is -2.27. The predicted octanol–water partition coefficient (Wildman–Crippen LogP) is 4.03. The first kappa shape index (κ1) is 20.3. The van der Waals surface area contributed by atoms with Gasteiger partial charge in [0.15, 0.2) is 0 Å². The van der Waals surface area contributed by atoms with Crippen LogP contribution in [0.25, 0.3) is 0 Å². The molecule has 2 aromatic rings. The maximum Gasteiger partial charge on any atom is 0.227 e. The van der Waals surface area contributed by atoms with Crippen molar-refractivity contribution in [1.82, 2.24) is 5.32 Å². The smallest absolute Gasteiger partial charge is 0.227 e. The number of benzene rings is 2. The van der Waals surface area contributed by atoms with Crippen LogP contribution in [0.4, 0.5) is 5.69 Å². The summed E-state index contributed by atoms with van der Waals surface area (Å²) >= 11 is 0. The molecular formula is C21H27ClN2O2. The monoisotopic (exact) mass is 374 g/mol. The Morgan fingerprint density at radius 1 is 1.23 bits per heavy atom. The van der Waals surface area contributed by atoms with Gasteiger partial charge in [-0.05, 0) is 50.1 Å². The second-order valence-electron chi connectivity index (χ2n) is 6.75. The van der Waals surface area contributed by atoms with Gasteiger partial charge in [-0.15, -0.1) is 12.4 Å². The molecule has 5 heteroatoms. The molecule has 0 aliphatic carbocycles. The zero-order chi connectivity index (χ0) is 17.6. The summed E-state index contributed by atoms with van der Waals surface area (Å²) in [7, 11) is 1.68. The Morgan fingerprint density at radius 3 is 2.69 bits per heavy atom. The number of carbonyl (C=O) groups excluding carboxylic acids is 1. The van der Waals surface area contributed by atoms with Gasteiger partial charge in [-0.3, -0.25) is 4.79 Å². The van der Waals surface area contributed by atoms with E-state index in [2.05, 4.69) is 29.7 Å². The summed E-state index contributed by atoms with van der Waals surface area (Å²) in [5.74, 6) is 1.04. The number of ether oxygens (including phenoxy) is 1. The van der Waals surface area contributed by atoms with E-state index in [1.165, 1.54) is 5.56 Å². The minimum Gasteiger partial charge on any atom is -0.496 e. The van der Waals surface area contributed by atoms with E-state index >= 15 is 0 Å². The molecule has 0 unspecified atom stereocenters. The molecule has 0 spiro atoms. The van der Waals surface area contributed by atoms with Gasteiger partial charge in [-0.2, -0.15) is 0 Å². The van der Waals surface area contributed by atoms with E-state index in [9.17, 15) is 4.79 Å². The minimum atomic E-state index is 0. The Labute approximate surface area is 161 Å². The molecule has 0 radical (unpaired) electrons. The lowest BCUT2D eigenvalue weighted by Crippen LogP contribution is -2.40. The zero-order valence-corrected chi connectivity index (χ0v) is 16.1. The van der Waals surface area contributed by atoms with Crippen LogP contribution in [0.1, 0.15) is 30.9 Å². The second-order valence-corrected chi connectivity index (χ2v) is 6.75. The Hall–Kier alpha value is -2.04. The van der Waals surface area contributed by atoms with E-state index < -0.39 is 0 Å². The summed E-state index contributed by atoms with van der Waals surface area (Å²) in [6.45, 7) is 3.03. The number of methoxy groups -OCH3 is 1. The number of piperidine rings is 1.